The monoisotopic (exact) mass is 334 g/mol. The summed E-state index contributed by atoms with van der Waals surface area (Å²) >= 11 is 8.05. The molecule has 0 bridgehead atoms. The van der Waals surface area contributed by atoms with E-state index in [1.807, 2.05) is 6.26 Å². The van der Waals surface area contributed by atoms with Crippen molar-refractivity contribution in [2.75, 3.05) is 12.0 Å². The van der Waals surface area contributed by atoms with Crippen molar-refractivity contribution < 1.29 is 0 Å². The fraction of sp³-hybridized carbons (Fsp3) is 0.125. The maximum atomic E-state index is 5.85. The quantitative estimate of drug-likeness (QED) is 0.870. The Morgan fingerprint density at radius 3 is 2.69 bits per heavy atom. The van der Waals surface area contributed by atoms with Gasteiger partial charge in [-0.2, -0.15) is 0 Å². The number of nitrogens with zero attached hydrogens (tertiary/aromatic N) is 3. The smallest absolute Gasteiger partial charge is 0.180 e. The van der Waals surface area contributed by atoms with Crippen LogP contribution < -0.4 is 5.73 Å². The molecule has 2 aromatic rings. The van der Waals surface area contributed by atoms with Crippen LogP contribution in [0.5, 0.6) is 0 Å². The van der Waals surface area contributed by atoms with Gasteiger partial charge < -0.3 is 5.73 Å². The maximum Gasteiger partial charge on any atom is 0.180 e. The number of hydrogen-bond donors (Lipinski definition) is 1. The van der Waals surface area contributed by atoms with Gasteiger partial charge in [0.05, 0.1) is 21.3 Å². The second-order valence-electron chi connectivity index (χ2n) is 2.68. The summed E-state index contributed by atoms with van der Waals surface area (Å²) in [5.74, 6) is 0. The Hall–Kier alpha value is -0.310. The van der Waals surface area contributed by atoms with Gasteiger partial charge in [0.2, 0.25) is 0 Å². The van der Waals surface area contributed by atoms with Crippen LogP contribution in [0.25, 0.3) is 0 Å². The number of thioether (sulfide) groups is 1. The molecule has 0 saturated heterocycles. The zero-order valence-corrected chi connectivity index (χ0v) is 12.2. The predicted octanol–water partition coefficient (Wildman–Crippen LogP) is 3.15. The Balaban J connectivity index is 2.26. The molecule has 2 N–H and O–H groups in total. The van der Waals surface area contributed by atoms with Crippen molar-refractivity contribution in [1.29, 1.82) is 0 Å². The van der Waals surface area contributed by atoms with Crippen molar-refractivity contribution in [2.24, 2.45) is 0 Å². The number of halogens is 1. The van der Waals surface area contributed by atoms with Gasteiger partial charge in [-0.05, 0) is 22.2 Å². The first-order valence-electron chi connectivity index (χ1n) is 4.15. The molecule has 0 aromatic carbocycles. The molecule has 0 atom stereocenters. The van der Waals surface area contributed by atoms with Crippen LogP contribution in [0.15, 0.2) is 30.4 Å². The highest BCUT2D eigenvalue weighted by atomic mass is 79.9. The van der Waals surface area contributed by atoms with Crippen molar-refractivity contribution in [2.45, 2.75) is 13.6 Å². The number of anilines is 1. The van der Waals surface area contributed by atoms with Crippen molar-refractivity contribution in [1.82, 2.24) is 15.2 Å². The minimum absolute atomic E-state index is 0.639. The van der Waals surface area contributed by atoms with Crippen LogP contribution in [-0.2, 0) is 0 Å². The Morgan fingerprint density at radius 2 is 2.06 bits per heavy atom. The summed E-state index contributed by atoms with van der Waals surface area (Å²) in [5, 5.41) is 8.11. The van der Waals surface area contributed by atoms with Gasteiger partial charge in [0.1, 0.15) is 0 Å². The van der Waals surface area contributed by atoms with Crippen molar-refractivity contribution in [3.05, 3.63) is 16.9 Å². The molecule has 0 saturated carbocycles. The van der Waals surface area contributed by atoms with Gasteiger partial charge in [-0.3, -0.25) is 4.98 Å². The topological polar surface area (TPSA) is 64.7 Å². The number of hydrogen-bond acceptors (Lipinski definition) is 7. The minimum Gasteiger partial charge on any atom is -0.397 e. The molecule has 0 fully saturated rings. The van der Waals surface area contributed by atoms with E-state index in [2.05, 4.69) is 31.1 Å². The van der Waals surface area contributed by atoms with E-state index in [0.29, 0.717) is 5.69 Å². The third-order valence-electron chi connectivity index (χ3n) is 1.63. The summed E-state index contributed by atoms with van der Waals surface area (Å²) in [7, 11) is 0. The van der Waals surface area contributed by atoms with Gasteiger partial charge in [0.15, 0.2) is 8.68 Å². The molecule has 0 amide bonds. The van der Waals surface area contributed by atoms with Crippen LogP contribution in [0.1, 0.15) is 0 Å². The average Bonchev–Trinajstić information content (AvgIpc) is 2.71. The number of nitrogens with two attached hydrogens (primary N) is 1. The molecular formula is C8H7BrN4S3. The van der Waals surface area contributed by atoms with Crippen molar-refractivity contribution in [3.8, 4) is 0 Å². The van der Waals surface area contributed by atoms with Crippen LogP contribution >= 0.6 is 50.8 Å². The number of pyridine rings is 1. The largest absolute Gasteiger partial charge is 0.397 e. The number of rotatable bonds is 3. The summed E-state index contributed by atoms with van der Waals surface area (Å²) in [6.45, 7) is 0. The second-order valence-corrected chi connectivity index (χ2v) is 6.82. The fourth-order valence-electron chi connectivity index (χ4n) is 0.954. The van der Waals surface area contributed by atoms with E-state index in [1.165, 1.54) is 11.8 Å². The van der Waals surface area contributed by atoms with E-state index in [-0.39, 0.29) is 0 Å². The van der Waals surface area contributed by atoms with Gasteiger partial charge in [0.25, 0.3) is 0 Å². The Labute approximate surface area is 114 Å². The van der Waals surface area contributed by atoms with Crippen LogP contribution in [0, 0.1) is 0 Å². The molecular weight excluding hydrogens is 328 g/mol. The highest BCUT2D eigenvalue weighted by molar-refractivity contribution is 9.10. The lowest BCUT2D eigenvalue weighted by Gasteiger charge is -2.03. The minimum atomic E-state index is 0.639. The summed E-state index contributed by atoms with van der Waals surface area (Å²) in [5.41, 5.74) is 6.49. The molecule has 0 aliphatic heterocycles. The summed E-state index contributed by atoms with van der Waals surface area (Å²) in [6, 6.07) is 0. The molecule has 84 valence electrons. The Morgan fingerprint density at radius 1 is 1.31 bits per heavy atom. The molecule has 0 spiro atoms. The van der Waals surface area contributed by atoms with E-state index in [0.717, 1.165) is 18.0 Å². The number of aromatic nitrogens is 3. The molecule has 2 aromatic heterocycles. The second kappa shape index (κ2) is 5.35. The zero-order chi connectivity index (χ0) is 11.5. The molecule has 0 radical (unpaired) electrons. The normalized spacial score (nSPS) is 10.6. The van der Waals surface area contributed by atoms with E-state index in [1.54, 1.807) is 35.5 Å². The summed E-state index contributed by atoms with van der Waals surface area (Å²) in [4.78, 5) is 4.91. The van der Waals surface area contributed by atoms with Crippen molar-refractivity contribution >= 4 is 56.5 Å². The van der Waals surface area contributed by atoms with Crippen LogP contribution in [0.4, 0.5) is 5.69 Å². The molecule has 0 unspecified atom stereocenters. The molecule has 8 heteroatoms. The first kappa shape index (κ1) is 12.2. The molecule has 0 aliphatic carbocycles. The van der Waals surface area contributed by atoms with E-state index in [9.17, 15) is 0 Å². The van der Waals surface area contributed by atoms with Crippen LogP contribution in [0.2, 0.25) is 0 Å². The third kappa shape index (κ3) is 2.68. The summed E-state index contributed by atoms with van der Waals surface area (Å²) in [6.07, 6.45) is 5.32. The lowest BCUT2D eigenvalue weighted by Crippen LogP contribution is -1.90. The van der Waals surface area contributed by atoms with Gasteiger partial charge in [0, 0.05) is 6.20 Å². The van der Waals surface area contributed by atoms with E-state index < -0.39 is 0 Å². The first-order chi connectivity index (χ1) is 7.70. The highest BCUT2D eigenvalue weighted by Gasteiger charge is 2.10. The standard InChI is InChI=1S/C8H7BrN4S3/c1-14-7-12-13-8(16-7)15-6-4(9)2-11-3-5(6)10/h2-3H,10H2,1H3. The van der Waals surface area contributed by atoms with Crippen molar-refractivity contribution in [3.63, 3.8) is 0 Å². The SMILES string of the molecule is CSc1nnc(Sc2c(N)cncc2Br)s1. The Bertz CT molecular complexity index is 482. The fourth-order valence-corrected chi connectivity index (χ4v) is 3.94. The molecule has 2 heterocycles. The van der Waals surface area contributed by atoms with Crippen LogP contribution in [0.3, 0.4) is 0 Å². The molecule has 16 heavy (non-hydrogen) atoms. The lowest BCUT2D eigenvalue weighted by molar-refractivity contribution is 0.955. The average molecular weight is 335 g/mol. The Kier molecular flexibility index (Phi) is 4.06. The molecule has 4 nitrogen and oxygen atoms in total. The van der Waals surface area contributed by atoms with Gasteiger partial charge in [-0.25, -0.2) is 0 Å². The van der Waals surface area contributed by atoms with Crippen LogP contribution in [-0.4, -0.2) is 21.4 Å². The molecule has 0 aliphatic rings. The molecule has 2 rings (SSSR count). The van der Waals surface area contributed by atoms with Gasteiger partial charge in [-0.15, -0.1) is 10.2 Å². The predicted molar refractivity (Wildman–Crippen MR) is 72.2 cm³/mol. The van der Waals surface area contributed by atoms with Gasteiger partial charge in [-0.1, -0.05) is 34.9 Å². The highest BCUT2D eigenvalue weighted by Crippen LogP contribution is 2.39. The zero-order valence-electron chi connectivity index (χ0n) is 8.18. The number of nitrogen functional groups attached to an aromatic ring is 1. The third-order valence-corrected chi connectivity index (χ3v) is 5.61. The maximum absolute atomic E-state index is 5.85. The van der Waals surface area contributed by atoms with E-state index >= 15 is 0 Å². The lowest BCUT2D eigenvalue weighted by atomic mass is 10.4. The summed E-state index contributed by atoms with van der Waals surface area (Å²) < 4.78 is 2.70. The van der Waals surface area contributed by atoms with Gasteiger partial charge >= 0.3 is 0 Å². The van der Waals surface area contributed by atoms with E-state index in [4.69, 9.17) is 5.73 Å². The first-order valence-corrected chi connectivity index (χ1v) is 7.80.